The van der Waals surface area contributed by atoms with Gasteiger partial charge in [-0.2, -0.15) is 0 Å². The fraction of sp³-hybridized carbons (Fsp3) is 1.00. The van der Waals surface area contributed by atoms with Crippen molar-refractivity contribution in [3.05, 3.63) is 0 Å². The fourth-order valence-electron chi connectivity index (χ4n) is 0.770. The van der Waals surface area contributed by atoms with Crippen molar-refractivity contribution >= 4 is 17.4 Å². The summed E-state index contributed by atoms with van der Waals surface area (Å²) in [4.78, 5) is 0. The van der Waals surface area contributed by atoms with Crippen LogP contribution in [0.5, 0.6) is 0 Å². The third kappa shape index (κ3) is 6.64. The first-order valence-corrected chi connectivity index (χ1v) is 5.77. The second kappa shape index (κ2) is 3.62. The molecule has 0 bridgehead atoms. The molecule has 0 nitrogen and oxygen atoms in total. The minimum atomic E-state index is 0.146. The summed E-state index contributed by atoms with van der Waals surface area (Å²) in [6.45, 7) is 9.33. The van der Waals surface area contributed by atoms with Gasteiger partial charge in [0.05, 0.1) is 0 Å². The van der Waals surface area contributed by atoms with E-state index in [0.29, 0.717) is 0 Å². The van der Waals surface area contributed by atoms with Gasteiger partial charge in [0.25, 0.3) is 0 Å². The van der Waals surface area contributed by atoms with Crippen molar-refractivity contribution < 1.29 is 0 Å². The van der Waals surface area contributed by atoms with Crippen LogP contribution in [0, 0.1) is 0 Å². The zero-order valence-electron chi connectivity index (χ0n) is 5.73. The van der Waals surface area contributed by atoms with Crippen LogP contribution in [0.25, 0.3) is 0 Å². The van der Waals surface area contributed by atoms with Crippen molar-refractivity contribution in [3.8, 4) is 0 Å². The van der Waals surface area contributed by atoms with Gasteiger partial charge in [-0.1, -0.05) is 0 Å². The molecule has 0 aliphatic rings. The molecule has 7 heavy (non-hydrogen) atoms. The Hall–Kier alpha value is 0.636. The molecule has 0 aliphatic heterocycles. The van der Waals surface area contributed by atoms with E-state index in [9.17, 15) is 0 Å². The molecule has 0 amide bonds. The van der Waals surface area contributed by atoms with Crippen LogP contribution in [-0.2, 0) is 0 Å². The van der Waals surface area contributed by atoms with Crippen LogP contribution in [0.2, 0.25) is 8.94 Å². The zero-order valence-corrected chi connectivity index (χ0v) is 8.15. The average Bonchev–Trinajstić information content (AvgIpc) is 1.27. The van der Waals surface area contributed by atoms with Gasteiger partial charge in [0.1, 0.15) is 0 Å². The van der Waals surface area contributed by atoms with Crippen molar-refractivity contribution in [1.82, 2.24) is 0 Å². The van der Waals surface area contributed by atoms with Gasteiger partial charge in [-0.05, 0) is 0 Å². The molecule has 0 heterocycles. The molecule has 0 unspecified atom stereocenters. The van der Waals surface area contributed by atoms with Crippen LogP contribution in [0.15, 0.2) is 0 Å². The summed E-state index contributed by atoms with van der Waals surface area (Å²) in [5, 5.41) is 0. The molecule has 1 radical (unpaired) electrons. The first-order chi connectivity index (χ1) is 3.13. The summed E-state index contributed by atoms with van der Waals surface area (Å²) >= 11 is 0.146. The first-order valence-electron chi connectivity index (χ1n) is 2.98. The Labute approximate surface area is 54.5 Å². The topological polar surface area (TPSA) is 0 Å². The molecule has 41 valence electrons. The molecule has 0 aromatic carbocycles. The van der Waals surface area contributed by atoms with E-state index in [1.807, 2.05) is 0 Å². The maximum absolute atomic E-state index is 2.33. The molecule has 0 rings (SSSR count). The van der Waals surface area contributed by atoms with Crippen molar-refractivity contribution in [2.45, 2.75) is 36.6 Å². The van der Waals surface area contributed by atoms with E-state index in [-0.39, 0.29) is 17.4 Å². The monoisotopic (exact) mass is 155 g/mol. The summed E-state index contributed by atoms with van der Waals surface area (Å²) in [5.74, 6) is 0. The average molecular weight is 156 g/mol. The molecule has 1 heteroatoms. The van der Waals surface area contributed by atoms with Crippen LogP contribution in [0.1, 0.15) is 27.7 Å². The second-order valence-electron chi connectivity index (χ2n) is 2.68. The van der Waals surface area contributed by atoms with Crippen molar-refractivity contribution in [2.24, 2.45) is 0 Å². The number of rotatable bonds is 2. The summed E-state index contributed by atoms with van der Waals surface area (Å²) < 4.78 is 2.06. The Morgan fingerprint density at radius 2 is 1.14 bits per heavy atom. The normalized spacial score (nSPS) is 10.6. The second-order valence-corrected chi connectivity index (χ2v) is 9.08. The van der Waals surface area contributed by atoms with E-state index in [2.05, 4.69) is 27.7 Å². The van der Waals surface area contributed by atoms with Crippen LogP contribution in [-0.4, -0.2) is 17.4 Å². The van der Waals surface area contributed by atoms with E-state index >= 15 is 0 Å². The van der Waals surface area contributed by atoms with Crippen molar-refractivity contribution in [1.29, 1.82) is 0 Å². The number of hydrogen-bond donors (Lipinski definition) is 0. The molecule has 0 spiro atoms. The number of hydrogen-bond acceptors (Lipinski definition) is 0. The summed E-state index contributed by atoms with van der Waals surface area (Å²) in [6, 6.07) is 0. The van der Waals surface area contributed by atoms with Gasteiger partial charge in [-0.3, -0.25) is 0 Å². The van der Waals surface area contributed by atoms with Crippen LogP contribution in [0.4, 0.5) is 0 Å². The van der Waals surface area contributed by atoms with Crippen LogP contribution < -0.4 is 0 Å². The molecule has 0 fully saturated rings. The molecule has 0 aromatic heterocycles. The van der Waals surface area contributed by atoms with E-state index in [1.54, 1.807) is 0 Å². The Bertz CT molecular complexity index is 33.4. The Morgan fingerprint density at radius 1 is 0.857 bits per heavy atom. The first kappa shape index (κ1) is 7.64. The molecule has 0 saturated heterocycles. The molecule has 0 aromatic rings. The van der Waals surface area contributed by atoms with Gasteiger partial charge in [-0.15, -0.1) is 0 Å². The molecule has 0 saturated carbocycles. The third-order valence-electron chi connectivity index (χ3n) is 0.770. The van der Waals surface area contributed by atoms with Gasteiger partial charge < -0.3 is 0 Å². The molecular weight excluding hydrogens is 142 g/mol. The van der Waals surface area contributed by atoms with Gasteiger partial charge in [0.2, 0.25) is 0 Å². The van der Waals surface area contributed by atoms with E-state index < -0.39 is 0 Å². The van der Waals surface area contributed by atoms with Gasteiger partial charge >= 0.3 is 54.0 Å². The van der Waals surface area contributed by atoms with E-state index in [0.717, 1.165) is 8.94 Å². The quantitative estimate of drug-likeness (QED) is 0.538. The predicted molar refractivity (Wildman–Crippen MR) is 35.9 cm³/mol. The van der Waals surface area contributed by atoms with Crippen molar-refractivity contribution in [2.75, 3.05) is 0 Å². The maximum atomic E-state index is 2.33. The fourth-order valence-corrected chi connectivity index (χ4v) is 4.00. The summed E-state index contributed by atoms with van der Waals surface area (Å²) in [7, 11) is 0. The predicted octanol–water partition coefficient (Wildman–Crippen LogP) is 2.35. The standard InChI is InChI=1S/2C3H7.Ga/c2*1-3-2;/h2*3H,1-2H3;. The van der Waals surface area contributed by atoms with Crippen molar-refractivity contribution in [3.63, 3.8) is 0 Å². The van der Waals surface area contributed by atoms with E-state index in [1.165, 1.54) is 0 Å². The van der Waals surface area contributed by atoms with Gasteiger partial charge in [0, 0.05) is 0 Å². The van der Waals surface area contributed by atoms with E-state index in [4.69, 9.17) is 0 Å². The zero-order chi connectivity index (χ0) is 5.86. The summed E-state index contributed by atoms with van der Waals surface area (Å²) in [6.07, 6.45) is 0. The molecule has 0 atom stereocenters. The van der Waals surface area contributed by atoms with Crippen LogP contribution >= 0.6 is 0 Å². The van der Waals surface area contributed by atoms with Gasteiger partial charge in [0.15, 0.2) is 0 Å². The molecule has 0 N–H and O–H groups in total. The third-order valence-corrected chi connectivity index (χ3v) is 4.00. The summed E-state index contributed by atoms with van der Waals surface area (Å²) in [5.41, 5.74) is 0. The Balaban J connectivity index is 2.95. The SMILES string of the molecule is C[CH](C)[Ga][CH](C)C. The minimum absolute atomic E-state index is 0.146. The molecule has 0 aliphatic carbocycles. The molecular formula is C6H14Ga. The Morgan fingerprint density at radius 3 is 1.14 bits per heavy atom. The van der Waals surface area contributed by atoms with Crippen LogP contribution in [0.3, 0.4) is 0 Å². The Kier molecular flexibility index (Phi) is 3.94. The van der Waals surface area contributed by atoms with Gasteiger partial charge in [-0.25, -0.2) is 0 Å².